The first-order valence-electron chi connectivity index (χ1n) is 6.09. The number of aliphatic carboxylic acids is 2. The quantitative estimate of drug-likeness (QED) is 0.316. The highest BCUT2D eigenvalue weighted by Crippen LogP contribution is 2.02. The lowest BCUT2D eigenvalue weighted by Crippen LogP contribution is -2.41. The van der Waals surface area contributed by atoms with Crippen molar-refractivity contribution in [2.24, 2.45) is 11.5 Å². The highest BCUT2D eigenvalue weighted by molar-refractivity contribution is 5.84. The molecule has 110 valence electrons. The van der Waals surface area contributed by atoms with Gasteiger partial charge in [0.1, 0.15) is 12.1 Å². The molecule has 1 amide bonds. The molecule has 8 nitrogen and oxygen atoms in total. The Bertz CT molecular complexity index is 321. The summed E-state index contributed by atoms with van der Waals surface area (Å²) in [5, 5.41) is 19.8. The van der Waals surface area contributed by atoms with Crippen molar-refractivity contribution in [1.82, 2.24) is 5.32 Å². The van der Waals surface area contributed by atoms with E-state index in [0.29, 0.717) is 25.8 Å². The number of carboxylic acids is 2. The van der Waals surface area contributed by atoms with Gasteiger partial charge < -0.3 is 27.0 Å². The summed E-state index contributed by atoms with van der Waals surface area (Å²) in [6.07, 6.45) is 1.43. The molecule has 0 heterocycles. The Hall–Kier alpha value is -1.67. The van der Waals surface area contributed by atoms with Gasteiger partial charge in [0.15, 0.2) is 0 Å². The first kappa shape index (κ1) is 17.3. The van der Waals surface area contributed by atoms with Gasteiger partial charge >= 0.3 is 11.9 Å². The van der Waals surface area contributed by atoms with E-state index < -0.39 is 29.9 Å². The van der Waals surface area contributed by atoms with E-state index in [9.17, 15) is 14.4 Å². The Morgan fingerprint density at radius 3 is 2.16 bits per heavy atom. The number of carbonyl (C=O) groups excluding carboxylic acids is 1. The molecule has 0 unspecified atom stereocenters. The van der Waals surface area contributed by atoms with Crippen LogP contribution < -0.4 is 16.8 Å². The van der Waals surface area contributed by atoms with Gasteiger partial charge in [0.2, 0.25) is 5.91 Å². The SMILES string of the molecule is NCCCC[C@H](NC(=O)CC[C@@H](N)C(=O)O)C(=O)O. The maximum Gasteiger partial charge on any atom is 0.326 e. The van der Waals surface area contributed by atoms with Gasteiger partial charge in [-0.1, -0.05) is 0 Å². The van der Waals surface area contributed by atoms with Crippen molar-refractivity contribution in [2.45, 2.75) is 44.2 Å². The van der Waals surface area contributed by atoms with Crippen LogP contribution >= 0.6 is 0 Å². The van der Waals surface area contributed by atoms with Gasteiger partial charge in [-0.15, -0.1) is 0 Å². The Labute approximate surface area is 111 Å². The minimum Gasteiger partial charge on any atom is -0.480 e. The van der Waals surface area contributed by atoms with Gasteiger partial charge in [-0.3, -0.25) is 9.59 Å². The fourth-order valence-electron chi connectivity index (χ4n) is 1.43. The van der Waals surface area contributed by atoms with Gasteiger partial charge in [0.05, 0.1) is 0 Å². The summed E-state index contributed by atoms with van der Waals surface area (Å²) in [5.41, 5.74) is 10.5. The first-order valence-corrected chi connectivity index (χ1v) is 6.09. The second kappa shape index (κ2) is 9.29. The second-order valence-corrected chi connectivity index (χ2v) is 4.23. The molecule has 0 fully saturated rings. The van der Waals surface area contributed by atoms with Crippen LogP contribution in [0.5, 0.6) is 0 Å². The lowest BCUT2D eigenvalue weighted by Gasteiger charge is -2.14. The fraction of sp³-hybridized carbons (Fsp3) is 0.727. The third-order valence-corrected chi connectivity index (χ3v) is 2.58. The van der Waals surface area contributed by atoms with Gasteiger partial charge in [-0.25, -0.2) is 4.79 Å². The summed E-state index contributed by atoms with van der Waals surface area (Å²) in [6, 6.07) is -2.09. The lowest BCUT2D eigenvalue weighted by molar-refractivity contribution is -0.142. The number of hydrogen-bond acceptors (Lipinski definition) is 5. The maximum atomic E-state index is 11.5. The van der Waals surface area contributed by atoms with Crippen molar-refractivity contribution in [3.63, 3.8) is 0 Å². The minimum atomic E-state index is -1.19. The van der Waals surface area contributed by atoms with E-state index in [4.69, 9.17) is 21.7 Å². The maximum absolute atomic E-state index is 11.5. The van der Waals surface area contributed by atoms with E-state index in [1.54, 1.807) is 0 Å². The van der Waals surface area contributed by atoms with E-state index >= 15 is 0 Å². The Morgan fingerprint density at radius 2 is 1.68 bits per heavy atom. The minimum absolute atomic E-state index is 0.0314. The molecule has 0 saturated heterocycles. The zero-order valence-corrected chi connectivity index (χ0v) is 10.7. The number of rotatable bonds is 10. The molecule has 0 aromatic rings. The standard InChI is InChI=1S/C11H21N3O5/c12-6-2-1-3-8(11(18)19)14-9(15)5-4-7(13)10(16)17/h7-8H,1-6,12-13H2,(H,14,15)(H,16,17)(H,18,19)/t7-,8+/m1/s1. The van der Waals surface area contributed by atoms with Crippen LogP contribution in [0.25, 0.3) is 0 Å². The van der Waals surface area contributed by atoms with Crippen LogP contribution in [0.3, 0.4) is 0 Å². The predicted octanol–water partition coefficient (Wildman–Crippen LogP) is -1.12. The van der Waals surface area contributed by atoms with E-state index in [1.165, 1.54) is 0 Å². The van der Waals surface area contributed by atoms with Crippen LogP contribution in [0.15, 0.2) is 0 Å². The molecule has 0 aliphatic rings. The van der Waals surface area contributed by atoms with Crippen LogP contribution in [-0.2, 0) is 14.4 Å². The number of nitrogens with two attached hydrogens (primary N) is 2. The smallest absolute Gasteiger partial charge is 0.326 e. The third-order valence-electron chi connectivity index (χ3n) is 2.58. The average molecular weight is 275 g/mol. The molecule has 8 heteroatoms. The van der Waals surface area contributed by atoms with Gasteiger partial charge in [-0.2, -0.15) is 0 Å². The predicted molar refractivity (Wildman–Crippen MR) is 67.3 cm³/mol. The molecule has 0 rings (SSSR count). The molecule has 0 radical (unpaired) electrons. The average Bonchev–Trinajstić information content (AvgIpc) is 2.34. The van der Waals surface area contributed by atoms with Crippen LogP contribution in [0.4, 0.5) is 0 Å². The molecule has 7 N–H and O–H groups in total. The van der Waals surface area contributed by atoms with Gasteiger partial charge in [0.25, 0.3) is 0 Å². The zero-order valence-electron chi connectivity index (χ0n) is 10.7. The van der Waals surface area contributed by atoms with Crippen LogP contribution in [0.2, 0.25) is 0 Å². The normalized spacial score (nSPS) is 13.6. The molecule has 0 aliphatic carbocycles. The Balaban J connectivity index is 4.09. The summed E-state index contributed by atoms with van der Waals surface area (Å²) >= 11 is 0. The molecular formula is C11H21N3O5. The summed E-state index contributed by atoms with van der Waals surface area (Å²) in [5.74, 6) is -2.82. The Morgan fingerprint density at radius 1 is 1.05 bits per heavy atom. The topological polar surface area (TPSA) is 156 Å². The largest absolute Gasteiger partial charge is 0.480 e. The van der Waals surface area contributed by atoms with E-state index in [0.717, 1.165) is 0 Å². The molecule has 0 saturated carbocycles. The number of carbonyl (C=O) groups is 3. The number of carboxylic acid groups (broad SMARTS) is 2. The highest BCUT2D eigenvalue weighted by Gasteiger charge is 2.20. The molecule has 19 heavy (non-hydrogen) atoms. The molecule has 2 atom stereocenters. The van der Waals surface area contributed by atoms with E-state index in [2.05, 4.69) is 5.32 Å². The number of hydrogen-bond donors (Lipinski definition) is 5. The van der Waals surface area contributed by atoms with Gasteiger partial charge in [-0.05, 0) is 32.2 Å². The molecule has 0 aromatic heterocycles. The number of amides is 1. The first-order chi connectivity index (χ1) is 8.88. The van der Waals surface area contributed by atoms with Crippen molar-refractivity contribution in [3.05, 3.63) is 0 Å². The summed E-state index contributed by atoms with van der Waals surface area (Å²) in [6.45, 7) is 0.466. The molecule has 0 aliphatic heterocycles. The van der Waals surface area contributed by atoms with Crippen molar-refractivity contribution in [3.8, 4) is 0 Å². The summed E-state index contributed by atoms with van der Waals surface area (Å²) < 4.78 is 0. The van der Waals surface area contributed by atoms with Crippen molar-refractivity contribution < 1.29 is 24.6 Å². The van der Waals surface area contributed by atoms with E-state index in [-0.39, 0.29) is 12.8 Å². The monoisotopic (exact) mass is 275 g/mol. The Kier molecular flexibility index (Phi) is 8.47. The number of unbranched alkanes of at least 4 members (excludes halogenated alkanes) is 1. The van der Waals surface area contributed by atoms with Crippen molar-refractivity contribution in [2.75, 3.05) is 6.54 Å². The lowest BCUT2D eigenvalue weighted by atomic mass is 10.1. The summed E-state index contributed by atoms with van der Waals surface area (Å²) in [7, 11) is 0. The van der Waals surface area contributed by atoms with Crippen LogP contribution in [0.1, 0.15) is 32.1 Å². The van der Waals surface area contributed by atoms with Crippen LogP contribution in [0, 0.1) is 0 Å². The number of nitrogens with one attached hydrogen (secondary N) is 1. The zero-order chi connectivity index (χ0) is 14.8. The molecule has 0 bridgehead atoms. The molecule has 0 spiro atoms. The van der Waals surface area contributed by atoms with Gasteiger partial charge in [0, 0.05) is 6.42 Å². The van der Waals surface area contributed by atoms with E-state index in [1.807, 2.05) is 0 Å². The third kappa shape index (κ3) is 8.11. The molecular weight excluding hydrogens is 254 g/mol. The highest BCUT2D eigenvalue weighted by atomic mass is 16.4. The van der Waals surface area contributed by atoms with Crippen molar-refractivity contribution >= 4 is 17.8 Å². The molecule has 0 aromatic carbocycles. The fourth-order valence-corrected chi connectivity index (χ4v) is 1.43. The summed E-state index contributed by atoms with van der Waals surface area (Å²) in [4.78, 5) is 32.8. The second-order valence-electron chi connectivity index (χ2n) is 4.23. The van der Waals surface area contributed by atoms with Crippen LogP contribution in [-0.4, -0.2) is 46.7 Å². The van der Waals surface area contributed by atoms with Crippen molar-refractivity contribution in [1.29, 1.82) is 0 Å².